The summed E-state index contributed by atoms with van der Waals surface area (Å²) < 4.78 is 19.8. The fraction of sp³-hybridized carbons (Fsp3) is 0.731. The van der Waals surface area contributed by atoms with Crippen LogP contribution in [0.3, 0.4) is 0 Å². The average molecular weight is 1180 g/mol. The fourth-order valence-corrected chi connectivity index (χ4v) is 14.5. The van der Waals surface area contributed by atoms with E-state index in [1.807, 2.05) is 13.0 Å². The first kappa shape index (κ1) is 65.1. The lowest BCUT2D eigenvalue weighted by molar-refractivity contribution is -0.374. The van der Waals surface area contributed by atoms with E-state index in [-0.39, 0.29) is 29.7 Å². The van der Waals surface area contributed by atoms with Crippen molar-refractivity contribution in [2.75, 3.05) is 125 Å². The molecule has 3 saturated carbocycles. The number of aldehydes is 1. The van der Waals surface area contributed by atoms with E-state index in [1.165, 1.54) is 65.5 Å². The van der Waals surface area contributed by atoms with E-state index in [0.717, 1.165) is 178 Å². The molecule has 9 fully saturated rings. The summed E-state index contributed by atoms with van der Waals surface area (Å²) in [6, 6.07) is 9.19. The van der Waals surface area contributed by atoms with Gasteiger partial charge in [0.1, 0.15) is 13.1 Å². The first-order valence-electron chi connectivity index (χ1n) is 32.4. The van der Waals surface area contributed by atoms with Crippen LogP contribution >= 0.6 is 0 Å². The molecule has 0 spiro atoms. The summed E-state index contributed by atoms with van der Waals surface area (Å²) in [5.41, 5.74) is 12.8. The summed E-state index contributed by atoms with van der Waals surface area (Å²) in [4.78, 5) is 60.9. The number of pyridine rings is 1. The van der Waals surface area contributed by atoms with Crippen molar-refractivity contribution in [1.82, 2.24) is 44.9 Å². The minimum atomic E-state index is -0.393. The highest BCUT2D eigenvalue weighted by atomic mass is 17.2. The largest absolute Gasteiger partial charge is 0.379 e. The predicted molar refractivity (Wildman–Crippen MR) is 335 cm³/mol. The third-order valence-electron chi connectivity index (χ3n) is 19.9. The van der Waals surface area contributed by atoms with Gasteiger partial charge >= 0.3 is 0 Å². The average Bonchev–Trinajstić information content (AvgIpc) is 2.44. The third kappa shape index (κ3) is 16.3. The van der Waals surface area contributed by atoms with Gasteiger partial charge in [-0.05, 0) is 165 Å². The van der Waals surface area contributed by atoms with Crippen molar-refractivity contribution < 1.29 is 38.4 Å². The van der Waals surface area contributed by atoms with Crippen LogP contribution in [0.25, 0.3) is 22.2 Å². The number of fused-ring (bicyclic) bond motifs is 2. The molecule has 3 aromatic rings. The van der Waals surface area contributed by atoms with Gasteiger partial charge in [0.15, 0.2) is 6.23 Å². The van der Waals surface area contributed by atoms with Gasteiger partial charge in [-0.2, -0.15) is 0 Å². The van der Waals surface area contributed by atoms with Crippen molar-refractivity contribution in [1.29, 1.82) is 0 Å². The Bertz CT molecular complexity index is 2710. The van der Waals surface area contributed by atoms with Gasteiger partial charge in [-0.15, -0.1) is 0 Å². The number of hydrogen-bond donors (Lipinski definition) is 2. The lowest BCUT2D eigenvalue weighted by Crippen LogP contribution is -2.64. The molecule has 1 aromatic carbocycles. The van der Waals surface area contributed by atoms with Gasteiger partial charge in [0.25, 0.3) is 0 Å². The Morgan fingerprint density at radius 2 is 1.67 bits per heavy atom. The summed E-state index contributed by atoms with van der Waals surface area (Å²) in [5, 5.41) is 6.39. The number of methoxy groups -OCH3 is 1. The van der Waals surface area contributed by atoms with Crippen LogP contribution in [0.1, 0.15) is 134 Å². The first-order valence-corrected chi connectivity index (χ1v) is 32.4. The summed E-state index contributed by atoms with van der Waals surface area (Å²) in [6.45, 7) is 28.0. The molecule has 2 aromatic heterocycles. The van der Waals surface area contributed by atoms with Gasteiger partial charge in [-0.25, -0.2) is 20.2 Å². The van der Waals surface area contributed by atoms with Crippen molar-refractivity contribution in [3.63, 3.8) is 0 Å². The summed E-state index contributed by atoms with van der Waals surface area (Å²) >= 11 is 0. The van der Waals surface area contributed by atoms with E-state index in [2.05, 4.69) is 131 Å². The first-order chi connectivity index (χ1) is 41.1. The molecule has 2 N–H and O–H groups in total. The Hall–Kier alpha value is -4.36. The zero-order chi connectivity index (χ0) is 60.4. The number of aromatic nitrogens is 2. The number of benzene rings is 1. The van der Waals surface area contributed by atoms with Gasteiger partial charge in [0.2, 0.25) is 5.91 Å². The van der Waals surface area contributed by atoms with Crippen LogP contribution in [-0.4, -0.2) is 210 Å². The molecule has 3 aliphatic carbocycles. The molecular weight excluding hydrogens is 1070 g/mol. The quantitative estimate of drug-likeness (QED) is 0.0379. The maximum atomic E-state index is 12.7. The second-order valence-electron chi connectivity index (χ2n) is 26.8. The van der Waals surface area contributed by atoms with E-state index in [9.17, 15) is 9.59 Å². The second kappa shape index (κ2) is 30.2. The third-order valence-corrected chi connectivity index (χ3v) is 19.9. The minimum Gasteiger partial charge on any atom is -0.379 e. The zero-order valence-corrected chi connectivity index (χ0v) is 53.4. The van der Waals surface area contributed by atoms with Crippen molar-refractivity contribution in [3.8, 4) is 23.1 Å². The number of nitrogens with one attached hydrogen (secondary N) is 2. The molecule has 85 heavy (non-hydrogen) atoms. The summed E-state index contributed by atoms with van der Waals surface area (Å²) in [6.07, 6.45) is 16.6. The van der Waals surface area contributed by atoms with E-state index in [0.29, 0.717) is 30.4 Å². The summed E-state index contributed by atoms with van der Waals surface area (Å²) in [5.74, 6) is 9.66. The van der Waals surface area contributed by atoms with E-state index >= 15 is 0 Å². The molecule has 3 unspecified atom stereocenters. The highest BCUT2D eigenvalue weighted by Crippen LogP contribution is 2.47. The molecule has 1 amide bonds. The minimum absolute atomic E-state index is 0.0446. The zero-order valence-electron chi connectivity index (χ0n) is 53.4. The van der Waals surface area contributed by atoms with Gasteiger partial charge in [-0.3, -0.25) is 24.5 Å². The predicted octanol–water partition coefficient (Wildman–Crippen LogP) is 7.39. The number of amides is 1. The maximum Gasteiger partial charge on any atom is 0.238 e. The number of morpholine rings is 2. The van der Waals surface area contributed by atoms with Gasteiger partial charge < -0.3 is 43.5 Å². The Balaban J connectivity index is 0.000000214. The van der Waals surface area contributed by atoms with Gasteiger partial charge in [0, 0.05) is 112 Å². The van der Waals surface area contributed by atoms with Crippen LogP contribution in [0.4, 0.5) is 5.69 Å². The molecule has 10 aliphatic rings. The monoisotopic (exact) mass is 1180 g/mol. The van der Waals surface area contributed by atoms with E-state index in [1.54, 1.807) is 14.0 Å². The fourth-order valence-electron chi connectivity index (χ4n) is 14.5. The van der Waals surface area contributed by atoms with Crippen LogP contribution < -0.4 is 15.6 Å². The molecule has 470 valence electrons. The smallest absolute Gasteiger partial charge is 0.238 e. The van der Waals surface area contributed by atoms with Crippen molar-refractivity contribution >= 4 is 35.6 Å². The maximum absolute atomic E-state index is 12.7. The summed E-state index contributed by atoms with van der Waals surface area (Å²) in [7, 11) is 8.26. The molecule has 2 bridgehead atoms. The van der Waals surface area contributed by atoms with Gasteiger partial charge in [-0.1, -0.05) is 45.5 Å². The number of likely N-dealkylation sites (N-methyl/N-ethyl adjacent to an activating group) is 1. The van der Waals surface area contributed by atoms with Crippen LogP contribution in [0.5, 0.6) is 0 Å². The van der Waals surface area contributed by atoms with Crippen LogP contribution in [0.2, 0.25) is 0 Å². The number of aryl methyl sites for hydroxylation is 2. The molecule has 18 nitrogen and oxygen atoms in total. The number of nitrogens with zero attached hydrogens (tertiary/aromatic N) is 8. The molecule has 8 atom stereocenters. The standard InChI is InChI=1S/C41H56N6O5.C18H33N3O2.C7H13N.CH2O/c1-28(48-5)37-35(20-29(26-42-37)8-6-10-45-12-16-49-17-13-45)39-36(25-41(2,3)27-51-52-40-31-22-32(23-31)44(4)43-40)34-24-33(46-14-18-50-19-15-46)21-30-9-7-11-47(39)38(30)34;1-4-20(3)11-15-9-10-21(12-15)17(16-7-5-6-8-16)18(23)19-14(2)13-22;1-5-7(8(5)2)6-3-4-6;1-2/h20-21,24,26,28,31-32,40,43H,7,9-19,22-23,25,27H2,1-5H3;13-17H,4-12H2,1-3H3,(H,19,23);5-7H,3-4H2,1-2H3;1H2/t28-,31?,32?,40+;14-,15-,17?;5-,7?,8?;/m000./s1. The number of rotatable bonds is 20. The topological polar surface area (TPSA) is 158 Å². The molecular formula is C67H104N10O8. The van der Waals surface area contributed by atoms with E-state index in [4.69, 9.17) is 33.8 Å². The molecule has 7 aliphatic heterocycles. The van der Waals surface area contributed by atoms with Crippen LogP contribution in [-0.2, 0) is 57.8 Å². The lowest BCUT2D eigenvalue weighted by Gasteiger charge is -2.51. The highest BCUT2D eigenvalue weighted by molar-refractivity contribution is 5.97. The number of likely N-dealkylation sites (tertiary alicyclic amines) is 1. The Labute approximate surface area is 508 Å². The van der Waals surface area contributed by atoms with Gasteiger partial charge in [0.05, 0.1) is 74.7 Å². The van der Waals surface area contributed by atoms with Crippen molar-refractivity contribution in [2.24, 2.45) is 29.1 Å². The molecule has 13 rings (SSSR count). The SMILES string of the molecule is C=O.CCN(C)C[C@@H]1CCN(C(C(=O)N[C@@H](C)C=O)C2CCCC2)C1.CO[C@@H](C)c1ncc(C#CCN2CCOCC2)cc1-c1c(CC(C)(C)COO[C@H]2NN(C)C3CC2C3)c2cc(N3CCOCC3)cc3c2n1CCC3.C[C@H]1C(C2CC2)N1C. The Morgan fingerprint density at radius 1 is 0.965 bits per heavy atom. The lowest BCUT2D eigenvalue weighted by atomic mass is 9.77. The van der Waals surface area contributed by atoms with E-state index < -0.39 is 6.04 Å². The van der Waals surface area contributed by atoms with Crippen LogP contribution in [0, 0.1) is 40.9 Å². The number of anilines is 1. The Kier molecular flexibility index (Phi) is 23.2. The Morgan fingerprint density at radius 3 is 2.31 bits per heavy atom. The second-order valence-corrected chi connectivity index (χ2v) is 26.8. The number of carbonyl (C=O) groups excluding carboxylic acids is 3. The molecule has 0 radical (unpaired) electrons. The number of ether oxygens (including phenoxy) is 3. The number of hydrazine groups is 1. The molecule has 6 saturated heterocycles. The normalized spacial score (nSPS) is 27.0. The number of hydrogen-bond acceptors (Lipinski definition) is 16. The van der Waals surface area contributed by atoms with Crippen molar-refractivity contribution in [2.45, 2.75) is 168 Å². The highest BCUT2D eigenvalue weighted by Gasteiger charge is 2.50. The number of carbonyl (C=O) groups is 3. The van der Waals surface area contributed by atoms with Crippen LogP contribution in [0.15, 0.2) is 24.4 Å². The molecule has 18 heteroatoms. The van der Waals surface area contributed by atoms with Crippen molar-refractivity contribution in [3.05, 3.63) is 46.8 Å². The molecule has 9 heterocycles.